The molecule has 0 radical (unpaired) electrons. The highest BCUT2D eigenvalue weighted by atomic mass is 32.2. The van der Waals surface area contributed by atoms with Crippen molar-refractivity contribution in [2.45, 2.75) is 11.0 Å². The zero-order chi connectivity index (χ0) is 23.3. The first-order valence-corrected chi connectivity index (χ1v) is 11.8. The first kappa shape index (κ1) is 22.5. The van der Waals surface area contributed by atoms with E-state index in [1.54, 1.807) is 36.4 Å². The van der Waals surface area contributed by atoms with Crippen LogP contribution in [0.3, 0.4) is 0 Å². The number of carbonyl (C=O) groups is 1. The Bertz CT molecular complexity index is 1200. The fourth-order valence-electron chi connectivity index (χ4n) is 3.41. The fourth-order valence-corrected chi connectivity index (χ4v) is 4.89. The molecule has 3 aromatic carbocycles. The largest absolute Gasteiger partial charge is 0.497 e. The number of hydrogen-bond acceptors (Lipinski definition) is 6. The van der Waals surface area contributed by atoms with Crippen LogP contribution in [-0.4, -0.2) is 47.2 Å². The maximum absolute atomic E-state index is 13.4. The first-order valence-electron chi connectivity index (χ1n) is 10.4. The normalized spacial score (nSPS) is 15.2. The Morgan fingerprint density at radius 1 is 1.00 bits per heavy atom. The molecule has 0 unspecified atom stereocenters. The second-order valence-electron chi connectivity index (χ2n) is 7.24. The highest BCUT2D eigenvalue weighted by molar-refractivity contribution is 7.92. The molecular weight excluding hydrogens is 444 g/mol. The van der Waals surface area contributed by atoms with E-state index in [0.29, 0.717) is 22.9 Å². The van der Waals surface area contributed by atoms with Gasteiger partial charge in [-0.1, -0.05) is 30.3 Å². The van der Waals surface area contributed by atoms with Crippen LogP contribution < -0.4 is 23.8 Å². The number of ether oxygens (including phenoxy) is 3. The van der Waals surface area contributed by atoms with Gasteiger partial charge in [0.15, 0.2) is 6.10 Å². The molecule has 0 aliphatic carbocycles. The van der Waals surface area contributed by atoms with Crippen LogP contribution in [0.25, 0.3) is 0 Å². The minimum Gasteiger partial charge on any atom is -0.497 e. The second kappa shape index (κ2) is 9.83. The van der Waals surface area contributed by atoms with Crippen LogP contribution in [0.5, 0.6) is 17.2 Å². The van der Waals surface area contributed by atoms with Gasteiger partial charge in [-0.25, -0.2) is 8.42 Å². The van der Waals surface area contributed by atoms with Crippen molar-refractivity contribution >= 4 is 21.6 Å². The number of nitrogens with zero attached hydrogens (tertiary/aromatic N) is 1. The number of benzene rings is 3. The molecule has 4 rings (SSSR count). The molecule has 172 valence electrons. The Hall–Kier alpha value is -3.72. The second-order valence-corrected chi connectivity index (χ2v) is 9.10. The Balaban J connectivity index is 1.48. The Morgan fingerprint density at radius 3 is 2.42 bits per heavy atom. The van der Waals surface area contributed by atoms with Gasteiger partial charge in [0.2, 0.25) is 0 Å². The lowest BCUT2D eigenvalue weighted by molar-refractivity contribution is -0.127. The van der Waals surface area contributed by atoms with Crippen LogP contribution in [-0.2, 0) is 14.8 Å². The van der Waals surface area contributed by atoms with E-state index in [4.69, 9.17) is 14.2 Å². The van der Waals surface area contributed by atoms with Crippen LogP contribution in [0.15, 0.2) is 83.8 Å². The van der Waals surface area contributed by atoms with Gasteiger partial charge in [-0.15, -0.1) is 0 Å². The third-order valence-electron chi connectivity index (χ3n) is 5.09. The van der Waals surface area contributed by atoms with Crippen molar-refractivity contribution in [2.24, 2.45) is 0 Å². The molecule has 1 N–H and O–H groups in total. The van der Waals surface area contributed by atoms with Crippen LogP contribution in [0.1, 0.15) is 0 Å². The standard InChI is InChI=1S/C24H24N2O6S/c1-30-18-11-13-20(14-12-18)33(28,29)26-17-23(32-22-10-6-5-9-21(22)26)24(27)25-15-16-31-19-7-3-2-4-8-19/h2-14,23H,15-17H2,1H3,(H,25,27)/t23-/m0/s1. The van der Waals surface area contributed by atoms with E-state index in [1.165, 1.54) is 23.5 Å². The summed E-state index contributed by atoms with van der Waals surface area (Å²) < 4.78 is 44.6. The smallest absolute Gasteiger partial charge is 0.264 e. The molecule has 0 spiro atoms. The topological polar surface area (TPSA) is 94.2 Å². The lowest BCUT2D eigenvalue weighted by Gasteiger charge is -2.34. The van der Waals surface area contributed by atoms with Gasteiger partial charge in [0.25, 0.3) is 15.9 Å². The molecule has 1 atom stereocenters. The molecule has 33 heavy (non-hydrogen) atoms. The number of fused-ring (bicyclic) bond motifs is 1. The van der Waals surface area contributed by atoms with Crippen LogP contribution >= 0.6 is 0 Å². The summed E-state index contributed by atoms with van der Waals surface area (Å²) in [6.45, 7) is 0.365. The predicted octanol–water partition coefficient (Wildman–Crippen LogP) is 2.85. The summed E-state index contributed by atoms with van der Waals surface area (Å²) in [4.78, 5) is 12.9. The summed E-state index contributed by atoms with van der Waals surface area (Å²) in [5.74, 6) is 1.15. The zero-order valence-corrected chi connectivity index (χ0v) is 18.8. The number of nitrogens with one attached hydrogen (secondary N) is 1. The number of anilines is 1. The number of rotatable bonds is 8. The summed E-state index contributed by atoms with van der Waals surface area (Å²) in [6.07, 6.45) is -1.01. The van der Waals surface area contributed by atoms with Gasteiger partial charge in [-0.2, -0.15) is 0 Å². The van der Waals surface area contributed by atoms with E-state index in [9.17, 15) is 13.2 Å². The van der Waals surface area contributed by atoms with E-state index < -0.39 is 22.0 Å². The van der Waals surface area contributed by atoms with E-state index >= 15 is 0 Å². The third kappa shape index (κ3) is 5.04. The molecule has 0 saturated heterocycles. The summed E-state index contributed by atoms with van der Waals surface area (Å²) in [5, 5.41) is 2.75. The third-order valence-corrected chi connectivity index (χ3v) is 6.88. The average molecular weight is 469 g/mol. The van der Waals surface area contributed by atoms with Crippen molar-refractivity contribution in [1.82, 2.24) is 5.32 Å². The van der Waals surface area contributed by atoms with Crippen molar-refractivity contribution in [3.05, 3.63) is 78.9 Å². The molecule has 1 amide bonds. The molecule has 1 heterocycles. The van der Waals surface area contributed by atoms with E-state index in [1.807, 2.05) is 30.3 Å². The Labute approximate surface area is 192 Å². The van der Waals surface area contributed by atoms with Crippen LogP contribution in [0.4, 0.5) is 5.69 Å². The number of carbonyl (C=O) groups excluding carboxylic acids is 1. The molecule has 3 aromatic rings. The molecule has 0 fully saturated rings. The number of sulfonamides is 1. The maximum Gasteiger partial charge on any atom is 0.264 e. The van der Waals surface area contributed by atoms with E-state index in [-0.39, 0.29) is 24.6 Å². The number of amides is 1. The van der Waals surface area contributed by atoms with Gasteiger partial charge in [0, 0.05) is 0 Å². The highest BCUT2D eigenvalue weighted by Gasteiger charge is 2.37. The molecule has 1 aliphatic heterocycles. The van der Waals surface area contributed by atoms with Crippen LogP contribution in [0.2, 0.25) is 0 Å². The molecular formula is C24H24N2O6S. The molecule has 9 heteroatoms. The van der Waals surface area contributed by atoms with Crippen LogP contribution in [0, 0.1) is 0 Å². The molecule has 0 aromatic heterocycles. The predicted molar refractivity (Wildman–Crippen MR) is 123 cm³/mol. The minimum atomic E-state index is -3.93. The molecule has 8 nitrogen and oxygen atoms in total. The summed E-state index contributed by atoms with van der Waals surface area (Å²) in [5.41, 5.74) is 0.379. The summed E-state index contributed by atoms with van der Waals surface area (Å²) in [7, 11) is -2.43. The first-order chi connectivity index (χ1) is 16.0. The Kier molecular flexibility index (Phi) is 6.69. The lowest BCUT2D eigenvalue weighted by atomic mass is 10.2. The number of methoxy groups -OCH3 is 1. The van der Waals surface area contributed by atoms with Gasteiger partial charge in [-0.3, -0.25) is 9.10 Å². The molecule has 1 aliphatic rings. The SMILES string of the molecule is COc1ccc(S(=O)(=O)N2C[C@@H](C(=O)NCCOc3ccccc3)Oc3ccccc32)cc1. The monoisotopic (exact) mass is 468 g/mol. The summed E-state index contributed by atoms with van der Waals surface area (Å²) >= 11 is 0. The van der Waals surface area contributed by atoms with Gasteiger partial charge in [-0.05, 0) is 48.5 Å². The van der Waals surface area contributed by atoms with Crippen molar-refractivity contribution in [3.63, 3.8) is 0 Å². The van der Waals surface area contributed by atoms with Gasteiger partial charge < -0.3 is 19.5 Å². The van der Waals surface area contributed by atoms with Gasteiger partial charge in [0.05, 0.1) is 30.8 Å². The highest BCUT2D eigenvalue weighted by Crippen LogP contribution is 2.37. The Morgan fingerprint density at radius 2 is 1.70 bits per heavy atom. The number of hydrogen-bond donors (Lipinski definition) is 1. The lowest BCUT2D eigenvalue weighted by Crippen LogP contribution is -2.51. The fraction of sp³-hybridized carbons (Fsp3) is 0.208. The molecule has 0 saturated carbocycles. The maximum atomic E-state index is 13.4. The van der Waals surface area contributed by atoms with Gasteiger partial charge >= 0.3 is 0 Å². The van der Waals surface area contributed by atoms with Gasteiger partial charge in [0.1, 0.15) is 23.9 Å². The van der Waals surface area contributed by atoms with Crippen molar-refractivity contribution in [1.29, 1.82) is 0 Å². The van der Waals surface area contributed by atoms with Crippen molar-refractivity contribution in [3.8, 4) is 17.2 Å². The number of para-hydroxylation sites is 3. The van der Waals surface area contributed by atoms with E-state index in [2.05, 4.69) is 5.32 Å². The summed E-state index contributed by atoms with van der Waals surface area (Å²) in [6, 6.07) is 22.1. The van der Waals surface area contributed by atoms with E-state index in [0.717, 1.165) is 0 Å². The quantitative estimate of drug-likeness (QED) is 0.511. The van der Waals surface area contributed by atoms with Crippen molar-refractivity contribution < 1.29 is 27.4 Å². The molecule has 0 bridgehead atoms. The zero-order valence-electron chi connectivity index (χ0n) is 18.0. The minimum absolute atomic E-state index is 0.0930. The average Bonchev–Trinajstić information content (AvgIpc) is 2.86. The van der Waals surface area contributed by atoms with Crippen molar-refractivity contribution in [2.75, 3.05) is 31.1 Å².